The van der Waals surface area contributed by atoms with Crippen LogP contribution in [0.4, 0.5) is 14.5 Å². The van der Waals surface area contributed by atoms with Crippen LogP contribution in [0.5, 0.6) is 0 Å². The van der Waals surface area contributed by atoms with E-state index in [0.29, 0.717) is 6.29 Å². The summed E-state index contributed by atoms with van der Waals surface area (Å²) in [6, 6.07) is 0.166. The predicted molar refractivity (Wildman–Crippen MR) is 57.8 cm³/mol. The predicted octanol–water partition coefficient (Wildman–Crippen LogP) is 1.99. The molecule has 1 aliphatic rings. The molecule has 1 atom stereocenters. The van der Waals surface area contributed by atoms with Gasteiger partial charge in [0.05, 0.1) is 12.2 Å². The van der Waals surface area contributed by atoms with Crippen LogP contribution in [0, 0.1) is 0 Å². The number of anilines is 1. The number of carbonyl (C=O) groups is 1. The third-order valence-electron chi connectivity index (χ3n) is 2.45. The maximum atomic E-state index is 13.3. The molecular weight excluding hydrogens is 254 g/mol. The van der Waals surface area contributed by atoms with Gasteiger partial charge in [-0.15, -0.1) is 0 Å². The minimum Gasteiger partial charge on any atom is -0.374 e. The summed E-state index contributed by atoms with van der Waals surface area (Å²) in [6.07, 6.45) is 1.76. The molecule has 0 bridgehead atoms. The number of carbonyl (C=O) groups excluding carboxylic acids is 1. The zero-order chi connectivity index (χ0) is 12.5. The van der Waals surface area contributed by atoms with Crippen LogP contribution < -0.4 is 5.32 Å². The Morgan fingerprint density at radius 3 is 3.00 bits per heavy atom. The van der Waals surface area contributed by atoms with E-state index < -0.39 is 18.6 Å². The maximum absolute atomic E-state index is 13.3. The number of ether oxygens (including phenoxy) is 1. The molecule has 0 amide bonds. The van der Waals surface area contributed by atoms with Gasteiger partial charge in [-0.25, -0.2) is 13.8 Å². The molecule has 1 N–H and O–H groups in total. The van der Waals surface area contributed by atoms with Crippen molar-refractivity contribution in [3.8, 4) is 0 Å². The fraction of sp³-hybridized carbons (Fsp3) is 0.400. The molecule has 4 nitrogen and oxygen atoms in total. The molecule has 0 aliphatic carbocycles. The number of hydrogen-bond acceptors (Lipinski definition) is 4. The van der Waals surface area contributed by atoms with E-state index in [1.165, 1.54) is 12.3 Å². The average molecular weight is 263 g/mol. The minimum atomic E-state index is -2.96. The van der Waals surface area contributed by atoms with Gasteiger partial charge >= 0.3 is 0 Å². The summed E-state index contributed by atoms with van der Waals surface area (Å²) in [4.78, 5) is 14.4. The van der Waals surface area contributed by atoms with Gasteiger partial charge < -0.3 is 10.1 Å². The Morgan fingerprint density at radius 2 is 2.41 bits per heavy atom. The highest BCUT2D eigenvalue weighted by molar-refractivity contribution is 6.29. The van der Waals surface area contributed by atoms with E-state index in [9.17, 15) is 13.6 Å². The highest BCUT2D eigenvalue weighted by atomic mass is 35.5. The fourth-order valence-electron chi connectivity index (χ4n) is 1.53. The molecule has 7 heteroatoms. The Morgan fingerprint density at radius 1 is 1.65 bits per heavy atom. The van der Waals surface area contributed by atoms with Crippen LogP contribution in [0.25, 0.3) is 0 Å². The average Bonchev–Trinajstić information content (AvgIpc) is 2.59. The second kappa shape index (κ2) is 4.54. The lowest BCUT2D eigenvalue weighted by Gasteiger charge is -2.20. The normalized spacial score (nSPS) is 22.4. The number of nitrogens with zero attached hydrogens (tertiary/aromatic N) is 1. The summed E-state index contributed by atoms with van der Waals surface area (Å²) in [7, 11) is 0. The summed E-state index contributed by atoms with van der Waals surface area (Å²) >= 11 is 5.64. The summed E-state index contributed by atoms with van der Waals surface area (Å²) in [5.41, 5.74) is 0.410. The van der Waals surface area contributed by atoms with E-state index in [1.54, 1.807) is 0 Å². The quantitative estimate of drug-likeness (QED) is 0.669. The molecule has 0 saturated carbocycles. The summed E-state index contributed by atoms with van der Waals surface area (Å²) in [5.74, 6) is -2.96. The van der Waals surface area contributed by atoms with Crippen molar-refractivity contribution in [3.05, 3.63) is 23.0 Å². The van der Waals surface area contributed by atoms with Gasteiger partial charge in [-0.3, -0.25) is 4.79 Å². The number of halogens is 3. The summed E-state index contributed by atoms with van der Waals surface area (Å²) in [6.45, 7) is -0.745. The van der Waals surface area contributed by atoms with Gasteiger partial charge in [0.2, 0.25) is 0 Å². The standard InChI is InChI=1S/C10H9ClF2N2O2/c11-9-1-7(6(3-16)2-14-9)15-8-4-17-5-10(8,12)13/h1-3,8H,4-5H2,(H,14,15). The van der Waals surface area contributed by atoms with Crippen LogP contribution >= 0.6 is 11.6 Å². The van der Waals surface area contributed by atoms with E-state index in [2.05, 4.69) is 10.3 Å². The molecule has 2 rings (SSSR count). The Balaban J connectivity index is 2.23. The number of pyridine rings is 1. The number of hydrogen-bond donors (Lipinski definition) is 1. The highest BCUT2D eigenvalue weighted by Crippen LogP contribution is 2.29. The second-order valence-corrected chi connectivity index (χ2v) is 4.07. The van der Waals surface area contributed by atoms with Crippen molar-refractivity contribution in [3.63, 3.8) is 0 Å². The third kappa shape index (κ3) is 2.53. The van der Waals surface area contributed by atoms with Crippen molar-refractivity contribution in [1.82, 2.24) is 4.98 Å². The second-order valence-electron chi connectivity index (χ2n) is 3.69. The first-order valence-corrected chi connectivity index (χ1v) is 5.23. The molecule has 1 saturated heterocycles. The van der Waals surface area contributed by atoms with Gasteiger partial charge in [-0.1, -0.05) is 11.6 Å². The summed E-state index contributed by atoms with van der Waals surface area (Å²) < 4.78 is 31.3. The van der Waals surface area contributed by atoms with Gasteiger partial charge in [0, 0.05) is 11.9 Å². The SMILES string of the molecule is O=Cc1cnc(Cl)cc1NC1COCC1(F)F. The Hall–Kier alpha value is -1.27. The third-order valence-corrected chi connectivity index (χ3v) is 2.65. The first-order valence-electron chi connectivity index (χ1n) is 4.86. The zero-order valence-corrected chi connectivity index (χ0v) is 9.38. The van der Waals surface area contributed by atoms with Crippen molar-refractivity contribution in [1.29, 1.82) is 0 Å². The molecule has 1 aliphatic heterocycles. The van der Waals surface area contributed by atoms with Gasteiger partial charge in [0.1, 0.15) is 17.8 Å². The van der Waals surface area contributed by atoms with Crippen molar-refractivity contribution >= 4 is 23.6 Å². The lowest BCUT2D eigenvalue weighted by atomic mass is 10.1. The van der Waals surface area contributed by atoms with Crippen molar-refractivity contribution in [2.24, 2.45) is 0 Å². The molecule has 1 fully saturated rings. The molecule has 1 aromatic heterocycles. The minimum absolute atomic E-state index is 0.120. The van der Waals surface area contributed by atoms with Crippen LogP contribution in [0.1, 0.15) is 10.4 Å². The van der Waals surface area contributed by atoms with E-state index in [-0.39, 0.29) is 23.0 Å². The topological polar surface area (TPSA) is 51.2 Å². The van der Waals surface area contributed by atoms with Crippen LogP contribution in [0.2, 0.25) is 5.15 Å². The van der Waals surface area contributed by atoms with Crippen LogP contribution in [0.15, 0.2) is 12.3 Å². The highest BCUT2D eigenvalue weighted by Gasteiger charge is 2.45. The monoisotopic (exact) mass is 262 g/mol. The van der Waals surface area contributed by atoms with E-state index in [0.717, 1.165) is 0 Å². The van der Waals surface area contributed by atoms with Crippen LogP contribution in [-0.2, 0) is 4.74 Å². The van der Waals surface area contributed by atoms with Crippen molar-refractivity contribution in [2.45, 2.75) is 12.0 Å². The number of alkyl halides is 2. The Labute approximate surface area is 101 Å². The van der Waals surface area contributed by atoms with Gasteiger partial charge in [-0.2, -0.15) is 0 Å². The van der Waals surface area contributed by atoms with E-state index in [1.807, 2.05) is 0 Å². The van der Waals surface area contributed by atoms with E-state index >= 15 is 0 Å². The van der Waals surface area contributed by atoms with Crippen LogP contribution in [-0.4, -0.2) is 36.4 Å². The molecular formula is C10H9ClF2N2O2. The molecule has 0 radical (unpaired) electrons. The van der Waals surface area contributed by atoms with Gasteiger partial charge in [0.25, 0.3) is 5.92 Å². The van der Waals surface area contributed by atoms with Gasteiger partial charge in [-0.05, 0) is 6.07 Å². The molecule has 0 spiro atoms. The number of nitrogens with one attached hydrogen (secondary N) is 1. The molecule has 2 heterocycles. The number of aldehydes is 1. The summed E-state index contributed by atoms with van der Waals surface area (Å²) in [5, 5.41) is 2.69. The van der Waals surface area contributed by atoms with Crippen molar-refractivity contribution < 1.29 is 18.3 Å². The smallest absolute Gasteiger partial charge is 0.292 e. The van der Waals surface area contributed by atoms with Gasteiger partial charge in [0.15, 0.2) is 6.29 Å². The zero-order valence-electron chi connectivity index (χ0n) is 8.62. The van der Waals surface area contributed by atoms with E-state index in [4.69, 9.17) is 16.3 Å². The Bertz CT molecular complexity index is 442. The molecule has 0 aromatic carbocycles. The maximum Gasteiger partial charge on any atom is 0.292 e. The molecule has 1 unspecified atom stereocenters. The largest absolute Gasteiger partial charge is 0.374 e. The first-order chi connectivity index (χ1) is 8.03. The molecule has 1 aromatic rings. The molecule has 92 valence electrons. The Kier molecular flexibility index (Phi) is 3.26. The lowest BCUT2D eigenvalue weighted by Crippen LogP contribution is -2.38. The number of rotatable bonds is 3. The lowest BCUT2D eigenvalue weighted by molar-refractivity contribution is -0.0131. The van der Waals surface area contributed by atoms with Crippen LogP contribution in [0.3, 0.4) is 0 Å². The fourth-order valence-corrected chi connectivity index (χ4v) is 1.69. The first kappa shape index (κ1) is 12.2. The number of aromatic nitrogens is 1. The molecule has 17 heavy (non-hydrogen) atoms. The van der Waals surface area contributed by atoms with Crippen molar-refractivity contribution in [2.75, 3.05) is 18.5 Å².